The van der Waals surface area contributed by atoms with E-state index in [0.717, 1.165) is 38.9 Å². The van der Waals surface area contributed by atoms with E-state index in [0.29, 0.717) is 19.8 Å². The lowest BCUT2D eigenvalue weighted by molar-refractivity contribution is 0.267. The minimum atomic E-state index is 0.506. The van der Waals surface area contributed by atoms with Gasteiger partial charge in [0.1, 0.15) is 12.4 Å². The van der Waals surface area contributed by atoms with Crippen LogP contribution in [0.3, 0.4) is 0 Å². The number of hydrogen-bond acceptors (Lipinski definition) is 3. The van der Waals surface area contributed by atoms with Gasteiger partial charge < -0.3 is 14.0 Å². The number of halogens is 1. The quantitative estimate of drug-likeness (QED) is 0.335. The maximum absolute atomic E-state index is 6.03. The van der Waals surface area contributed by atoms with Crippen LogP contribution in [0.2, 0.25) is 5.02 Å². The van der Waals surface area contributed by atoms with E-state index in [-0.39, 0.29) is 0 Å². The van der Waals surface area contributed by atoms with Crippen LogP contribution in [0.25, 0.3) is 23.2 Å². The van der Waals surface area contributed by atoms with E-state index in [1.54, 1.807) is 0 Å². The predicted octanol–water partition coefficient (Wildman–Crippen LogP) is 6.34. The minimum Gasteiger partial charge on any atom is -0.490 e. The highest BCUT2D eigenvalue weighted by atomic mass is 35.5. The molecule has 0 saturated heterocycles. The predicted molar refractivity (Wildman–Crippen MR) is 123 cm³/mol. The lowest BCUT2D eigenvalue weighted by Crippen LogP contribution is -2.10. The first-order valence-corrected chi connectivity index (χ1v) is 10.4. The third kappa shape index (κ3) is 4.66. The monoisotopic (exact) mass is 418 g/mol. The number of aromatic nitrogens is 2. The van der Waals surface area contributed by atoms with Crippen LogP contribution in [0.5, 0.6) is 11.5 Å². The van der Waals surface area contributed by atoms with Crippen molar-refractivity contribution >= 4 is 34.8 Å². The topological polar surface area (TPSA) is 36.3 Å². The molecule has 0 aliphatic rings. The highest BCUT2D eigenvalue weighted by Gasteiger charge is 2.09. The molecular weight excluding hydrogens is 396 g/mol. The molecule has 4 rings (SSSR count). The highest BCUT2D eigenvalue weighted by Crippen LogP contribution is 2.26. The maximum atomic E-state index is 6.03. The Labute approximate surface area is 181 Å². The summed E-state index contributed by atoms with van der Waals surface area (Å²) in [6.07, 6.45) is 4.07. The third-order valence-corrected chi connectivity index (χ3v) is 4.95. The van der Waals surface area contributed by atoms with Gasteiger partial charge in [-0.3, -0.25) is 0 Å². The second kappa shape index (κ2) is 9.51. The second-order valence-corrected chi connectivity index (χ2v) is 7.16. The van der Waals surface area contributed by atoms with E-state index >= 15 is 0 Å². The number of fused-ring (bicyclic) bond motifs is 1. The summed E-state index contributed by atoms with van der Waals surface area (Å²) in [5, 5.41) is 0.726. The van der Waals surface area contributed by atoms with Crippen molar-refractivity contribution in [3.8, 4) is 11.5 Å². The molecule has 0 aliphatic carbocycles. The zero-order chi connectivity index (χ0) is 20.8. The third-order valence-electron chi connectivity index (χ3n) is 4.70. The molecule has 1 heterocycles. The van der Waals surface area contributed by atoms with Crippen LogP contribution in [-0.4, -0.2) is 22.8 Å². The molecule has 4 aromatic rings. The molecule has 0 fully saturated rings. The van der Waals surface area contributed by atoms with E-state index in [1.807, 2.05) is 85.8 Å². The maximum Gasteiger partial charge on any atom is 0.161 e. The Morgan fingerprint density at radius 2 is 1.57 bits per heavy atom. The van der Waals surface area contributed by atoms with Crippen LogP contribution in [0, 0.1) is 0 Å². The van der Waals surface area contributed by atoms with Crippen LogP contribution >= 0.6 is 11.6 Å². The van der Waals surface area contributed by atoms with Crippen molar-refractivity contribution in [2.45, 2.75) is 13.5 Å². The van der Waals surface area contributed by atoms with Crippen LogP contribution in [0.15, 0.2) is 72.8 Å². The summed E-state index contributed by atoms with van der Waals surface area (Å²) in [6, 6.07) is 23.6. The normalized spacial score (nSPS) is 11.3. The largest absolute Gasteiger partial charge is 0.490 e. The summed E-state index contributed by atoms with van der Waals surface area (Å²) in [5.41, 5.74) is 3.11. The van der Waals surface area contributed by atoms with Gasteiger partial charge in [0.2, 0.25) is 0 Å². The summed E-state index contributed by atoms with van der Waals surface area (Å²) < 4.78 is 13.9. The number of hydrogen-bond donors (Lipinski definition) is 0. The standard InChI is InChI=1S/C25H23ClN2O2/c1-2-29-23-9-5-6-10-24(23)30-18-17-28-22-8-4-3-7-21(22)27-25(28)16-13-19-11-14-20(26)15-12-19/h3-16H,2,17-18H2,1H3/b16-13+. The molecule has 4 nitrogen and oxygen atoms in total. The van der Waals surface area contributed by atoms with E-state index in [2.05, 4.69) is 10.6 Å². The Morgan fingerprint density at radius 3 is 2.33 bits per heavy atom. The molecule has 0 amide bonds. The van der Waals surface area contributed by atoms with Crippen molar-refractivity contribution in [2.75, 3.05) is 13.2 Å². The molecule has 0 radical (unpaired) electrons. The fourth-order valence-corrected chi connectivity index (χ4v) is 3.42. The van der Waals surface area contributed by atoms with Gasteiger partial charge in [-0.05, 0) is 55.0 Å². The molecule has 1 aromatic heterocycles. The number of ether oxygens (including phenoxy) is 2. The van der Waals surface area contributed by atoms with Crippen LogP contribution in [0.1, 0.15) is 18.3 Å². The van der Waals surface area contributed by atoms with Crippen LogP contribution in [0.4, 0.5) is 0 Å². The SMILES string of the molecule is CCOc1ccccc1OCCn1c(/C=C/c2ccc(Cl)cc2)nc2ccccc21. The lowest BCUT2D eigenvalue weighted by Gasteiger charge is -2.13. The molecule has 5 heteroatoms. The fourth-order valence-electron chi connectivity index (χ4n) is 3.29. The number of imidazole rings is 1. The number of benzene rings is 3. The van der Waals surface area contributed by atoms with Gasteiger partial charge in [0.15, 0.2) is 11.5 Å². The molecule has 0 bridgehead atoms. The Kier molecular flexibility index (Phi) is 6.35. The van der Waals surface area contributed by atoms with E-state index < -0.39 is 0 Å². The van der Waals surface area contributed by atoms with Gasteiger partial charge in [0.05, 0.1) is 24.2 Å². The second-order valence-electron chi connectivity index (χ2n) is 6.72. The summed E-state index contributed by atoms with van der Waals surface area (Å²) in [6.45, 7) is 3.74. The van der Waals surface area contributed by atoms with Crippen molar-refractivity contribution < 1.29 is 9.47 Å². The Bertz CT molecular complexity index is 1150. The number of nitrogens with zero attached hydrogens (tertiary/aromatic N) is 2. The van der Waals surface area contributed by atoms with Crippen molar-refractivity contribution in [1.29, 1.82) is 0 Å². The molecule has 0 N–H and O–H groups in total. The van der Waals surface area contributed by atoms with Gasteiger partial charge >= 0.3 is 0 Å². The first-order chi connectivity index (χ1) is 14.7. The summed E-state index contributed by atoms with van der Waals surface area (Å²) in [5.74, 6) is 2.40. The van der Waals surface area contributed by atoms with Gasteiger partial charge in [0.25, 0.3) is 0 Å². The Hall–Kier alpha value is -3.24. The first-order valence-electron chi connectivity index (χ1n) is 9.98. The van der Waals surface area contributed by atoms with E-state index in [1.165, 1.54) is 0 Å². The molecular formula is C25H23ClN2O2. The number of rotatable bonds is 8. The molecule has 3 aromatic carbocycles. The van der Waals surface area contributed by atoms with Gasteiger partial charge in [-0.1, -0.05) is 54.1 Å². The number of para-hydroxylation sites is 4. The minimum absolute atomic E-state index is 0.506. The summed E-state index contributed by atoms with van der Waals surface area (Å²) >= 11 is 5.98. The van der Waals surface area contributed by atoms with Crippen LogP contribution in [-0.2, 0) is 6.54 Å². The van der Waals surface area contributed by atoms with E-state index in [4.69, 9.17) is 26.1 Å². The average Bonchev–Trinajstić information content (AvgIpc) is 3.12. The summed E-state index contributed by atoms with van der Waals surface area (Å²) in [7, 11) is 0. The summed E-state index contributed by atoms with van der Waals surface area (Å²) in [4.78, 5) is 4.79. The zero-order valence-corrected chi connectivity index (χ0v) is 17.5. The van der Waals surface area contributed by atoms with Gasteiger partial charge in [0, 0.05) is 5.02 Å². The molecule has 0 atom stereocenters. The highest BCUT2D eigenvalue weighted by molar-refractivity contribution is 6.30. The van der Waals surface area contributed by atoms with Gasteiger partial charge in [-0.2, -0.15) is 0 Å². The average molecular weight is 419 g/mol. The zero-order valence-electron chi connectivity index (χ0n) is 16.8. The molecule has 0 unspecified atom stereocenters. The Morgan fingerprint density at radius 1 is 0.867 bits per heavy atom. The molecule has 30 heavy (non-hydrogen) atoms. The van der Waals surface area contributed by atoms with E-state index in [9.17, 15) is 0 Å². The van der Waals surface area contributed by atoms with Crippen molar-refractivity contribution in [3.05, 3.63) is 89.2 Å². The van der Waals surface area contributed by atoms with Crippen molar-refractivity contribution in [2.24, 2.45) is 0 Å². The van der Waals surface area contributed by atoms with Crippen LogP contribution < -0.4 is 9.47 Å². The molecule has 0 spiro atoms. The molecule has 0 saturated carbocycles. The smallest absolute Gasteiger partial charge is 0.161 e. The Balaban J connectivity index is 1.55. The molecule has 0 aliphatic heterocycles. The van der Waals surface area contributed by atoms with Gasteiger partial charge in [-0.15, -0.1) is 0 Å². The van der Waals surface area contributed by atoms with Crippen molar-refractivity contribution in [3.63, 3.8) is 0 Å². The first kappa shape index (κ1) is 20.0. The van der Waals surface area contributed by atoms with Crippen molar-refractivity contribution in [1.82, 2.24) is 9.55 Å². The van der Waals surface area contributed by atoms with Gasteiger partial charge in [-0.25, -0.2) is 4.98 Å². The fraction of sp³-hybridized carbons (Fsp3) is 0.160. The lowest BCUT2D eigenvalue weighted by atomic mass is 10.2. The molecule has 152 valence electrons.